The highest BCUT2D eigenvalue weighted by atomic mass is 16.2. The van der Waals surface area contributed by atoms with Gasteiger partial charge in [0.25, 0.3) is 0 Å². The summed E-state index contributed by atoms with van der Waals surface area (Å²) in [5, 5.41) is 5.50. The molecule has 2 aromatic carbocycles. The molecular weight excluding hydrogens is 354 g/mol. The predicted molar refractivity (Wildman–Crippen MR) is 110 cm³/mol. The number of nitrogens with zero attached hydrogens (tertiary/aromatic N) is 1. The molecule has 6 nitrogen and oxygen atoms in total. The van der Waals surface area contributed by atoms with Crippen molar-refractivity contribution in [2.75, 3.05) is 23.3 Å². The van der Waals surface area contributed by atoms with E-state index in [0.29, 0.717) is 18.7 Å². The Morgan fingerprint density at radius 1 is 1.07 bits per heavy atom. The Morgan fingerprint density at radius 3 is 2.64 bits per heavy atom. The van der Waals surface area contributed by atoms with Gasteiger partial charge in [0.1, 0.15) is 0 Å². The lowest BCUT2D eigenvalue weighted by Crippen LogP contribution is -2.26. The van der Waals surface area contributed by atoms with Crippen LogP contribution in [0, 0.1) is 0 Å². The summed E-state index contributed by atoms with van der Waals surface area (Å²) >= 11 is 0. The summed E-state index contributed by atoms with van der Waals surface area (Å²) in [4.78, 5) is 37.5. The number of carbonyl (C=O) groups is 3. The highest BCUT2D eigenvalue weighted by molar-refractivity contribution is 5.97. The summed E-state index contributed by atoms with van der Waals surface area (Å²) < 4.78 is 0. The van der Waals surface area contributed by atoms with Crippen molar-refractivity contribution in [1.29, 1.82) is 0 Å². The van der Waals surface area contributed by atoms with Crippen LogP contribution in [0.4, 0.5) is 11.4 Å². The third-order valence-electron chi connectivity index (χ3n) is 4.39. The molecule has 0 unspecified atom stereocenters. The van der Waals surface area contributed by atoms with Crippen molar-refractivity contribution in [2.24, 2.45) is 0 Å². The molecular formula is C22H23N3O3. The van der Waals surface area contributed by atoms with Gasteiger partial charge >= 0.3 is 0 Å². The fraction of sp³-hybridized carbons (Fsp3) is 0.227. The van der Waals surface area contributed by atoms with E-state index in [1.54, 1.807) is 23.1 Å². The van der Waals surface area contributed by atoms with Crippen LogP contribution in [0.5, 0.6) is 0 Å². The van der Waals surface area contributed by atoms with Gasteiger partial charge in [-0.25, -0.2) is 0 Å². The Balaban J connectivity index is 1.44. The maximum atomic E-state index is 12.1. The van der Waals surface area contributed by atoms with E-state index in [-0.39, 0.29) is 30.7 Å². The van der Waals surface area contributed by atoms with E-state index in [2.05, 4.69) is 10.6 Å². The smallest absolute Gasteiger partial charge is 0.244 e. The average Bonchev–Trinajstić information content (AvgIpc) is 3.13. The summed E-state index contributed by atoms with van der Waals surface area (Å²) in [6.45, 7) is 0.951. The van der Waals surface area contributed by atoms with Crippen LogP contribution in [0.1, 0.15) is 24.8 Å². The normalized spacial score (nSPS) is 13.7. The van der Waals surface area contributed by atoms with Crippen LogP contribution in [0.3, 0.4) is 0 Å². The van der Waals surface area contributed by atoms with Crippen LogP contribution in [-0.2, 0) is 14.4 Å². The fourth-order valence-electron chi connectivity index (χ4n) is 2.99. The third kappa shape index (κ3) is 5.54. The topological polar surface area (TPSA) is 78.5 Å². The number of hydrogen-bond acceptors (Lipinski definition) is 3. The molecule has 0 spiro atoms. The first-order valence-electron chi connectivity index (χ1n) is 9.33. The molecule has 1 aliphatic heterocycles. The molecule has 0 aliphatic carbocycles. The molecule has 0 aromatic heterocycles. The van der Waals surface area contributed by atoms with E-state index in [1.807, 2.05) is 42.5 Å². The SMILES string of the molecule is O=C(/C=C/c1ccccc1)NCCC(=O)Nc1cccc(N2CCCC2=O)c1. The summed E-state index contributed by atoms with van der Waals surface area (Å²) in [7, 11) is 0. The second kappa shape index (κ2) is 9.50. The Hall–Kier alpha value is -3.41. The summed E-state index contributed by atoms with van der Waals surface area (Å²) in [5.41, 5.74) is 2.36. The minimum Gasteiger partial charge on any atom is -0.352 e. The minimum absolute atomic E-state index is 0.106. The third-order valence-corrected chi connectivity index (χ3v) is 4.39. The molecule has 3 rings (SSSR count). The summed E-state index contributed by atoms with van der Waals surface area (Å²) in [6.07, 6.45) is 4.75. The summed E-state index contributed by atoms with van der Waals surface area (Å²) in [6, 6.07) is 16.8. The zero-order valence-corrected chi connectivity index (χ0v) is 15.6. The molecule has 1 fully saturated rings. The van der Waals surface area contributed by atoms with Crippen LogP contribution in [0.25, 0.3) is 6.08 Å². The van der Waals surface area contributed by atoms with Crippen molar-refractivity contribution < 1.29 is 14.4 Å². The summed E-state index contributed by atoms with van der Waals surface area (Å²) in [5.74, 6) is -0.335. The van der Waals surface area contributed by atoms with Crippen molar-refractivity contribution >= 4 is 35.2 Å². The molecule has 6 heteroatoms. The molecule has 0 radical (unpaired) electrons. The van der Waals surface area contributed by atoms with Gasteiger partial charge in [0.2, 0.25) is 17.7 Å². The van der Waals surface area contributed by atoms with Crippen molar-refractivity contribution in [1.82, 2.24) is 5.32 Å². The second-order valence-corrected chi connectivity index (χ2v) is 6.53. The zero-order chi connectivity index (χ0) is 19.8. The maximum absolute atomic E-state index is 12.1. The van der Waals surface area contributed by atoms with E-state index in [0.717, 1.165) is 17.7 Å². The van der Waals surface area contributed by atoms with Gasteiger partial charge < -0.3 is 15.5 Å². The number of rotatable bonds is 7. The Kier molecular flexibility index (Phi) is 6.57. The molecule has 0 saturated carbocycles. The van der Waals surface area contributed by atoms with Crippen LogP contribution in [0.15, 0.2) is 60.7 Å². The van der Waals surface area contributed by atoms with E-state index < -0.39 is 0 Å². The molecule has 2 N–H and O–H groups in total. The van der Waals surface area contributed by atoms with Crippen LogP contribution >= 0.6 is 0 Å². The van der Waals surface area contributed by atoms with Crippen molar-refractivity contribution in [2.45, 2.75) is 19.3 Å². The lowest BCUT2D eigenvalue weighted by atomic mass is 10.2. The molecule has 144 valence electrons. The van der Waals surface area contributed by atoms with Gasteiger partial charge in [0, 0.05) is 43.4 Å². The zero-order valence-electron chi connectivity index (χ0n) is 15.6. The molecule has 28 heavy (non-hydrogen) atoms. The number of amides is 3. The van der Waals surface area contributed by atoms with Gasteiger partial charge in [-0.15, -0.1) is 0 Å². The first-order valence-corrected chi connectivity index (χ1v) is 9.33. The van der Waals surface area contributed by atoms with Crippen molar-refractivity contribution in [3.8, 4) is 0 Å². The number of hydrogen-bond donors (Lipinski definition) is 2. The van der Waals surface area contributed by atoms with Gasteiger partial charge in [0.15, 0.2) is 0 Å². The Morgan fingerprint density at radius 2 is 1.89 bits per heavy atom. The molecule has 0 bridgehead atoms. The van der Waals surface area contributed by atoms with Gasteiger partial charge in [-0.05, 0) is 36.3 Å². The highest BCUT2D eigenvalue weighted by Gasteiger charge is 2.21. The van der Waals surface area contributed by atoms with E-state index in [4.69, 9.17) is 0 Å². The van der Waals surface area contributed by atoms with Crippen LogP contribution < -0.4 is 15.5 Å². The molecule has 0 atom stereocenters. The van der Waals surface area contributed by atoms with Gasteiger partial charge in [-0.2, -0.15) is 0 Å². The van der Waals surface area contributed by atoms with Crippen molar-refractivity contribution in [3.05, 3.63) is 66.2 Å². The molecule has 3 amide bonds. The maximum Gasteiger partial charge on any atom is 0.244 e. The quantitative estimate of drug-likeness (QED) is 0.728. The van der Waals surface area contributed by atoms with Gasteiger partial charge in [-0.1, -0.05) is 36.4 Å². The largest absolute Gasteiger partial charge is 0.352 e. The lowest BCUT2D eigenvalue weighted by molar-refractivity contribution is -0.118. The molecule has 1 saturated heterocycles. The van der Waals surface area contributed by atoms with Gasteiger partial charge in [-0.3, -0.25) is 14.4 Å². The highest BCUT2D eigenvalue weighted by Crippen LogP contribution is 2.24. The molecule has 2 aromatic rings. The minimum atomic E-state index is -0.244. The monoisotopic (exact) mass is 377 g/mol. The number of nitrogens with one attached hydrogen (secondary N) is 2. The number of anilines is 2. The number of carbonyl (C=O) groups excluding carboxylic acids is 3. The predicted octanol–water partition coefficient (Wildman–Crippen LogP) is 2.97. The van der Waals surface area contributed by atoms with Gasteiger partial charge in [0.05, 0.1) is 0 Å². The first kappa shape index (κ1) is 19.4. The van der Waals surface area contributed by atoms with Crippen LogP contribution in [-0.4, -0.2) is 30.8 Å². The molecule has 1 heterocycles. The lowest BCUT2D eigenvalue weighted by Gasteiger charge is -2.16. The van der Waals surface area contributed by atoms with E-state index in [9.17, 15) is 14.4 Å². The standard InChI is InChI=1S/C22H23N3O3/c26-20(12-11-17-6-2-1-3-7-17)23-14-13-21(27)24-18-8-4-9-19(16-18)25-15-5-10-22(25)28/h1-4,6-9,11-12,16H,5,10,13-15H2,(H,23,26)(H,24,27)/b12-11+. The fourth-order valence-corrected chi connectivity index (χ4v) is 2.99. The average molecular weight is 377 g/mol. The van der Waals surface area contributed by atoms with Crippen molar-refractivity contribution in [3.63, 3.8) is 0 Å². The Bertz CT molecular complexity index is 878. The van der Waals surface area contributed by atoms with E-state index in [1.165, 1.54) is 6.08 Å². The van der Waals surface area contributed by atoms with E-state index >= 15 is 0 Å². The first-order chi connectivity index (χ1) is 13.6. The van der Waals surface area contributed by atoms with Crippen LogP contribution in [0.2, 0.25) is 0 Å². The second-order valence-electron chi connectivity index (χ2n) is 6.53. The number of benzene rings is 2. The Labute approximate surface area is 164 Å². The molecule has 1 aliphatic rings.